The molecule has 0 saturated carbocycles. The molecule has 14 heavy (non-hydrogen) atoms. The zero-order chi connectivity index (χ0) is 9.90. The van der Waals surface area contributed by atoms with Crippen molar-refractivity contribution in [3.05, 3.63) is 36.5 Å². The van der Waals surface area contributed by atoms with E-state index >= 15 is 0 Å². The van der Waals surface area contributed by atoms with Crippen molar-refractivity contribution in [2.75, 3.05) is 0 Å². The quantitative estimate of drug-likeness (QED) is 0.515. The fraction of sp³-hybridized carbons (Fsp3) is 0.571. The summed E-state index contributed by atoms with van der Waals surface area (Å²) in [6, 6.07) is 0. The van der Waals surface area contributed by atoms with Gasteiger partial charge in [-0.25, -0.2) is 0 Å². The normalized spacial score (nSPS) is 27.4. The Morgan fingerprint density at radius 2 is 0.857 bits per heavy atom. The Hall–Kier alpha value is -0.780. The fourth-order valence-corrected chi connectivity index (χ4v) is 1.71. The van der Waals surface area contributed by atoms with Crippen LogP contribution < -0.4 is 0 Å². The van der Waals surface area contributed by atoms with Crippen molar-refractivity contribution in [1.29, 1.82) is 0 Å². The van der Waals surface area contributed by atoms with Gasteiger partial charge in [-0.1, -0.05) is 62.1 Å². The Morgan fingerprint density at radius 3 is 1.36 bits per heavy atom. The van der Waals surface area contributed by atoms with Gasteiger partial charge in [0.25, 0.3) is 0 Å². The zero-order valence-corrected chi connectivity index (χ0v) is 9.12. The summed E-state index contributed by atoms with van der Waals surface area (Å²) in [6.07, 6.45) is 24.0. The van der Waals surface area contributed by atoms with Gasteiger partial charge < -0.3 is 0 Å². The van der Waals surface area contributed by atoms with Crippen molar-refractivity contribution in [3.63, 3.8) is 0 Å². The predicted molar refractivity (Wildman–Crippen MR) is 64.4 cm³/mol. The molecule has 0 saturated heterocycles. The first-order chi connectivity index (χ1) is 7.00. The Labute approximate surface area is 88.4 Å². The van der Waals surface area contributed by atoms with Gasteiger partial charge in [0.15, 0.2) is 0 Å². The lowest BCUT2D eigenvalue weighted by molar-refractivity contribution is 0.600. The van der Waals surface area contributed by atoms with Gasteiger partial charge in [-0.3, -0.25) is 0 Å². The van der Waals surface area contributed by atoms with E-state index in [0.717, 1.165) is 0 Å². The maximum Gasteiger partial charge on any atom is -0.0348 e. The summed E-state index contributed by atoms with van der Waals surface area (Å²) >= 11 is 0. The lowest BCUT2D eigenvalue weighted by Crippen LogP contribution is -1.79. The molecule has 0 aromatic carbocycles. The highest BCUT2D eigenvalue weighted by Gasteiger charge is 1.89. The molecule has 0 heteroatoms. The molecular formula is C14H22. The van der Waals surface area contributed by atoms with Gasteiger partial charge >= 0.3 is 0 Å². The molecule has 0 spiro atoms. The Kier molecular flexibility index (Phi) is 7.10. The van der Waals surface area contributed by atoms with E-state index in [0.29, 0.717) is 0 Å². The highest BCUT2D eigenvalue weighted by atomic mass is 14.0. The standard InChI is InChI=1S/C14H22/c1-2-4-6-8-10-12-14-13-11-9-7-5-3-1/h1-6H,7-14H2/b2-1+,5-3+,6-4+. The first-order valence-electron chi connectivity index (χ1n) is 5.98. The molecule has 0 atom stereocenters. The third-order valence-electron chi connectivity index (χ3n) is 2.60. The van der Waals surface area contributed by atoms with Crippen molar-refractivity contribution >= 4 is 0 Å². The Morgan fingerprint density at radius 1 is 0.429 bits per heavy atom. The van der Waals surface area contributed by atoms with Crippen molar-refractivity contribution in [2.45, 2.75) is 51.4 Å². The van der Waals surface area contributed by atoms with E-state index in [1.54, 1.807) is 0 Å². The maximum atomic E-state index is 2.27. The first kappa shape index (κ1) is 11.3. The van der Waals surface area contributed by atoms with Crippen LogP contribution in [0.1, 0.15) is 51.4 Å². The largest absolute Gasteiger partial charge is 0.0845 e. The molecule has 0 amide bonds. The van der Waals surface area contributed by atoms with Gasteiger partial charge in [-0.15, -0.1) is 0 Å². The summed E-state index contributed by atoms with van der Waals surface area (Å²) in [5, 5.41) is 0. The minimum atomic E-state index is 1.24. The molecule has 0 heterocycles. The molecule has 0 aromatic rings. The van der Waals surface area contributed by atoms with Crippen LogP contribution in [0.2, 0.25) is 0 Å². The van der Waals surface area contributed by atoms with E-state index in [1.807, 2.05) is 0 Å². The van der Waals surface area contributed by atoms with E-state index in [4.69, 9.17) is 0 Å². The summed E-state index contributed by atoms with van der Waals surface area (Å²) in [7, 11) is 0. The molecule has 0 fully saturated rings. The van der Waals surface area contributed by atoms with Crippen LogP contribution in [-0.4, -0.2) is 0 Å². The molecule has 0 aromatic heterocycles. The van der Waals surface area contributed by atoms with Crippen LogP contribution in [0.4, 0.5) is 0 Å². The summed E-state index contributed by atoms with van der Waals surface area (Å²) in [5.41, 5.74) is 0. The Bertz CT molecular complexity index is 174. The highest BCUT2D eigenvalue weighted by Crippen LogP contribution is 2.09. The fourth-order valence-electron chi connectivity index (χ4n) is 1.71. The van der Waals surface area contributed by atoms with E-state index in [2.05, 4.69) is 36.5 Å². The zero-order valence-electron chi connectivity index (χ0n) is 9.12. The molecule has 0 radical (unpaired) electrons. The second-order valence-corrected chi connectivity index (χ2v) is 3.94. The van der Waals surface area contributed by atoms with Crippen LogP contribution in [0.5, 0.6) is 0 Å². The summed E-state index contributed by atoms with van der Waals surface area (Å²) in [5.74, 6) is 0. The smallest absolute Gasteiger partial charge is 0.0348 e. The van der Waals surface area contributed by atoms with Gasteiger partial charge in [0.05, 0.1) is 0 Å². The maximum absolute atomic E-state index is 2.27. The van der Waals surface area contributed by atoms with Crippen molar-refractivity contribution in [2.24, 2.45) is 0 Å². The third-order valence-corrected chi connectivity index (χ3v) is 2.60. The van der Waals surface area contributed by atoms with Crippen LogP contribution in [0.3, 0.4) is 0 Å². The molecule has 1 rings (SSSR count). The van der Waals surface area contributed by atoms with Crippen molar-refractivity contribution < 1.29 is 0 Å². The summed E-state index contributed by atoms with van der Waals surface area (Å²) in [4.78, 5) is 0. The average molecular weight is 190 g/mol. The topological polar surface area (TPSA) is 0 Å². The molecule has 0 unspecified atom stereocenters. The summed E-state index contributed by atoms with van der Waals surface area (Å²) in [6.45, 7) is 0. The van der Waals surface area contributed by atoms with Gasteiger partial charge in [-0.05, 0) is 25.7 Å². The van der Waals surface area contributed by atoms with E-state index in [9.17, 15) is 0 Å². The molecule has 0 N–H and O–H groups in total. The monoisotopic (exact) mass is 190 g/mol. The molecule has 0 nitrogen and oxygen atoms in total. The molecule has 78 valence electrons. The second-order valence-electron chi connectivity index (χ2n) is 3.94. The Balaban J connectivity index is 2.27. The van der Waals surface area contributed by atoms with Crippen LogP contribution in [-0.2, 0) is 0 Å². The predicted octanol–water partition coefficient (Wildman–Crippen LogP) is 4.79. The second kappa shape index (κ2) is 8.80. The van der Waals surface area contributed by atoms with E-state index in [-0.39, 0.29) is 0 Å². The number of hydrogen-bond donors (Lipinski definition) is 0. The van der Waals surface area contributed by atoms with Crippen LogP contribution >= 0.6 is 0 Å². The van der Waals surface area contributed by atoms with Gasteiger partial charge in [0.2, 0.25) is 0 Å². The third kappa shape index (κ3) is 6.71. The summed E-state index contributed by atoms with van der Waals surface area (Å²) < 4.78 is 0. The molecule has 1 aliphatic rings. The van der Waals surface area contributed by atoms with Crippen molar-refractivity contribution in [3.8, 4) is 0 Å². The van der Waals surface area contributed by atoms with Crippen LogP contribution in [0, 0.1) is 0 Å². The number of allylic oxidation sites excluding steroid dienone is 6. The van der Waals surface area contributed by atoms with Crippen molar-refractivity contribution in [1.82, 2.24) is 0 Å². The minimum absolute atomic E-state index is 1.24. The van der Waals surface area contributed by atoms with Crippen LogP contribution in [0.15, 0.2) is 36.5 Å². The molecular weight excluding hydrogens is 168 g/mol. The highest BCUT2D eigenvalue weighted by molar-refractivity contribution is 5.10. The van der Waals surface area contributed by atoms with Gasteiger partial charge in [0, 0.05) is 0 Å². The number of hydrogen-bond acceptors (Lipinski definition) is 0. The van der Waals surface area contributed by atoms with E-state index < -0.39 is 0 Å². The van der Waals surface area contributed by atoms with Crippen LogP contribution in [0.25, 0.3) is 0 Å². The molecule has 0 aliphatic heterocycles. The first-order valence-corrected chi connectivity index (χ1v) is 5.98. The lowest BCUT2D eigenvalue weighted by atomic mass is 10.1. The number of rotatable bonds is 0. The molecule has 0 bridgehead atoms. The average Bonchev–Trinajstić information content (AvgIpc) is 2.22. The van der Waals surface area contributed by atoms with E-state index in [1.165, 1.54) is 51.4 Å². The SMILES string of the molecule is C1=C/C=C/CCCCCCCC/C=C/1. The lowest BCUT2D eigenvalue weighted by Gasteiger charge is -1.99. The van der Waals surface area contributed by atoms with Gasteiger partial charge in [-0.2, -0.15) is 0 Å². The minimum Gasteiger partial charge on any atom is -0.0845 e. The van der Waals surface area contributed by atoms with Gasteiger partial charge in [0.1, 0.15) is 0 Å². The molecule has 1 aliphatic carbocycles.